The number of hydrogen-bond acceptors (Lipinski definition) is 4. The summed E-state index contributed by atoms with van der Waals surface area (Å²) in [6.45, 7) is 4.93. The van der Waals surface area contributed by atoms with Gasteiger partial charge in [-0.2, -0.15) is 5.10 Å². The van der Waals surface area contributed by atoms with Gasteiger partial charge in [0.15, 0.2) is 5.75 Å². The smallest absolute Gasteiger partial charge is 0.152 e. The number of aliphatic hydroxyl groups excluding tert-OH is 1. The molecule has 21 heavy (non-hydrogen) atoms. The van der Waals surface area contributed by atoms with Crippen LogP contribution in [-0.4, -0.2) is 35.1 Å². The second-order valence-electron chi connectivity index (χ2n) is 4.68. The molecule has 0 saturated carbocycles. The first-order valence-corrected chi connectivity index (χ1v) is 8.01. The second-order valence-corrected chi connectivity index (χ2v) is 5.84. The predicted molar refractivity (Wildman–Crippen MR) is 88.2 cm³/mol. The predicted octanol–water partition coefficient (Wildman–Crippen LogP) is 3.12. The summed E-state index contributed by atoms with van der Waals surface area (Å²) in [5.41, 5.74) is 1.68. The van der Waals surface area contributed by atoms with E-state index in [9.17, 15) is 0 Å². The summed E-state index contributed by atoms with van der Waals surface area (Å²) < 4.78 is 8.26. The van der Waals surface area contributed by atoms with Gasteiger partial charge in [0.2, 0.25) is 0 Å². The van der Waals surface area contributed by atoms with E-state index < -0.39 is 0 Å². The standard InChI is InChI=1S/C14H19BrClN3O2/c1-4-21-13-9(8(2)17-3)7-10(16)11-12(13)18-19(5-6-20)14(11)15/h7-8,17,20H,4-6H2,1-3H3. The monoisotopic (exact) mass is 375 g/mol. The Morgan fingerprint density at radius 1 is 1.57 bits per heavy atom. The molecule has 1 heterocycles. The van der Waals surface area contributed by atoms with Crippen molar-refractivity contribution in [3.8, 4) is 5.75 Å². The zero-order valence-electron chi connectivity index (χ0n) is 12.3. The second kappa shape index (κ2) is 6.96. The average molecular weight is 377 g/mol. The molecule has 0 amide bonds. The van der Waals surface area contributed by atoms with Gasteiger partial charge >= 0.3 is 0 Å². The number of aromatic nitrogens is 2. The molecule has 2 aromatic rings. The number of halogens is 2. The summed E-state index contributed by atoms with van der Waals surface area (Å²) in [7, 11) is 1.89. The van der Waals surface area contributed by atoms with Crippen molar-refractivity contribution in [2.75, 3.05) is 20.3 Å². The summed E-state index contributed by atoms with van der Waals surface area (Å²) in [6.07, 6.45) is 0. The summed E-state index contributed by atoms with van der Waals surface area (Å²) in [6, 6.07) is 2.00. The molecule has 0 aliphatic carbocycles. The van der Waals surface area contributed by atoms with E-state index in [0.29, 0.717) is 23.7 Å². The van der Waals surface area contributed by atoms with Gasteiger partial charge in [0, 0.05) is 11.6 Å². The SMILES string of the molecule is CCOc1c(C(C)NC)cc(Cl)c2c(Br)n(CCO)nc12. The van der Waals surface area contributed by atoms with Crippen molar-refractivity contribution >= 4 is 38.4 Å². The Kier molecular flexibility index (Phi) is 5.48. The lowest BCUT2D eigenvalue weighted by molar-refractivity contribution is 0.268. The molecule has 0 bridgehead atoms. The number of nitrogens with one attached hydrogen (secondary N) is 1. The van der Waals surface area contributed by atoms with Gasteiger partial charge in [-0.15, -0.1) is 0 Å². The molecule has 0 fully saturated rings. The fraction of sp³-hybridized carbons (Fsp3) is 0.500. The number of nitrogens with zero attached hydrogens (tertiary/aromatic N) is 2. The molecule has 1 unspecified atom stereocenters. The molecular formula is C14H19BrClN3O2. The molecule has 7 heteroatoms. The molecule has 0 aliphatic rings. The maximum atomic E-state index is 9.14. The lowest BCUT2D eigenvalue weighted by atomic mass is 10.1. The van der Waals surface area contributed by atoms with Crippen molar-refractivity contribution in [2.24, 2.45) is 0 Å². The van der Waals surface area contributed by atoms with E-state index in [-0.39, 0.29) is 12.6 Å². The third-order valence-corrected chi connectivity index (χ3v) is 4.49. The van der Waals surface area contributed by atoms with Crippen molar-refractivity contribution in [3.63, 3.8) is 0 Å². The van der Waals surface area contributed by atoms with Crippen LogP contribution in [0.1, 0.15) is 25.5 Å². The molecule has 2 rings (SSSR count). The first-order valence-electron chi connectivity index (χ1n) is 6.84. The number of aliphatic hydroxyl groups is 1. The van der Waals surface area contributed by atoms with Gasteiger partial charge in [-0.25, -0.2) is 0 Å². The van der Waals surface area contributed by atoms with Crippen molar-refractivity contribution in [1.82, 2.24) is 15.1 Å². The summed E-state index contributed by atoms with van der Waals surface area (Å²) in [5, 5.41) is 18.3. The first kappa shape index (κ1) is 16.5. The van der Waals surface area contributed by atoms with Crippen LogP contribution in [0.15, 0.2) is 10.7 Å². The number of ether oxygens (including phenoxy) is 1. The third-order valence-electron chi connectivity index (χ3n) is 3.39. The normalized spacial score (nSPS) is 12.9. The molecule has 1 atom stereocenters. The van der Waals surface area contributed by atoms with Gasteiger partial charge in [0.1, 0.15) is 10.1 Å². The Morgan fingerprint density at radius 2 is 2.29 bits per heavy atom. The van der Waals surface area contributed by atoms with Gasteiger partial charge in [-0.1, -0.05) is 11.6 Å². The van der Waals surface area contributed by atoms with Crippen molar-refractivity contribution in [3.05, 3.63) is 21.3 Å². The average Bonchev–Trinajstić information content (AvgIpc) is 2.79. The molecule has 0 aliphatic heterocycles. The van der Waals surface area contributed by atoms with E-state index in [1.54, 1.807) is 4.68 Å². The molecule has 2 N–H and O–H groups in total. The number of hydrogen-bond donors (Lipinski definition) is 2. The quantitative estimate of drug-likeness (QED) is 0.813. The Labute approximate surface area is 137 Å². The fourth-order valence-corrected chi connectivity index (χ4v) is 3.31. The summed E-state index contributed by atoms with van der Waals surface area (Å²) in [4.78, 5) is 0. The minimum absolute atomic E-state index is 0.00789. The van der Waals surface area contributed by atoms with Crippen molar-refractivity contribution in [1.29, 1.82) is 0 Å². The van der Waals surface area contributed by atoms with Crippen LogP contribution < -0.4 is 10.1 Å². The largest absolute Gasteiger partial charge is 0.491 e. The molecule has 0 saturated heterocycles. The van der Waals surface area contributed by atoms with Crippen LogP contribution in [0.4, 0.5) is 0 Å². The Hall–Kier alpha value is -0.820. The molecule has 1 aromatic heterocycles. The molecule has 5 nitrogen and oxygen atoms in total. The number of benzene rings is 1. The molecule has 116 valence electrons. The molecule has 0 spiro atoms. The highest BCUT2D eigenvalue weighted by Crippen LogP contribution is 2.40. The topological polar surface area (TPSA) is 59.3 Å². The van der Waals surface area contributed by atoms with Crippen molar-refractivity contribution < 1.29 is 9.84 Å². The van der Waals surface area contributed by atoms with Crippen LogP contribution in [0.2, 0.25) is 5.02 Å². The van der Waals surface area contributed by atoms with Crippen LogP contribution in [0, 0.1) is 0 Å². The molecule has 1 aromatic carbocycles. The van der Waals surface area contributed by atoms with E-state index in [4.69, 9.17) is 21.4 Å². The molecular weight excluding hydrogens is 358 g/mol. The Balaban J connectivity index is 2.75. The van der Waals surface area contributed by atoms with Crippen LogP contribution in [0.25, 0.3) is 10.9 Å². The lowest BCUT2D eigenvalue weighted by Gasteiger charge is -2.17. The van der Waals surface area contributed by atoms with E-state index in [0.717, 1.165) is 21.3 Å². The highest BCUT2D eigenvalue weighted by Gasteiger charge is 2.22. The molecule has 0 radical (unpaired) electrons. The van der Waals surface area contributed by atoms with Crippen LogP contribution in [0.3, 0.4) is 0 Å². The van der Waals surface area contributed by atoms with Crippen LogP contribution >= 0.6 is 27.5 Å². The third kappa shape index (κ3) is 3.04. The zero-order chi connectivity index (χ0) is 15.6. The summed E-state index contributed by atoms with van der Waals surface area (Å²) in [5.74, 6) is 0.733. The summed E-state index contributed by atoms with van der Waals surface area (Å²) >= 11 is 9.93. The zero-order valence-corrected chi connectivity index (χ0v) is 14.6. The van der Waals surface area contributed by atoms with Crippen molar-refractivity contribution in [2.45, 2.75) is 26.4 Å². The van der Waals surface area contributed by atoms with Gasteiger partial charge in [-0.3, -0.25) is 4.68 Å². The van der Waals surface area contributed by atoms with Gasteiger partial charge in [-0.05, 0) is 42.9 Å². The Morgan fingerprint density at radius 3 is 2.86 bits per heavy atom. The van der Waals surface area contributed by atoms with Gasteiger partial charge in [0.05, 0.1) is 30.2 Å². The maximum Gasteiger partial charge on any atom is 0.152 e. The van der Waals surface area contributed by atoms with Gasteiger partial charge in [0.25, 0.3) is 0 Å². The van der Waals surface area contributed by atoms with E-state index in [1.165, 1.54) is 0 Å². The first-order chi connectivity index (χ1) is 10.0. The maximum absolute atomic E-state index is 9.14. The minimum atomic E-state index is 0.00789. The van der Waals surface area contributed by atoms with E-state index >= 15 is 0 Å². The highest BCUT2D eigenvalue weighted by molar-refractivity contribution is 9.10. The van der Waals surface area contributed by atoms with Gasteiger partial charge < -0.3 is 15.2 Å². The fourth-order valence-electron chi connectivity index (χ4n) is 2.24. The van der Waals surface area contributed by atoms with E-state index in [2.05, 4.69) is 26.3 Å². The van der Waals surface area contributed by atoms with Crippen LogP contribution in [-0.2, 0) is 6.54 Å². The minimum Gasteiger partial charge on any atom is -0.491 e. The van der Waals surface area contributed by atoms with Crippen LogP contribution in [0.5, 0.6) is 5.75 Å². The van der Waals surface area contributed by atoms with E-state index in [1.807, 2.05) is 27.0 Å². The number of fused-ring (bicyclic) bond motifs is 1. The Bertz CT molecular complexity index is 645. The highest BCUT2D eigenvalue weighted by atomic mass is 79.9. The number of rotatable bonds is 6. The lowest BCUT2D eigenvalue weighted by Crippen LogP contribution is -2.14.